The summed E-state index contributed by atoms with van der Waals surface area (Å²) >= 11 is 0. The molecule has 1 amide bonds. The molecule has 0 radical (unpaired) electrons. The molecule has 23 heavy (non-hydrogen) atoms. The van der Waals surface area contributed by atoms with Crippen LogP contribution in [0.2, 0.25) is 0 Å². The Balaban J connectivity index is 2.04. The predicted octanol–water partition coefficient (Wildman–Crippen LogP) is 0.844. The number of hydrogen-bond acceptors (Lipinski definition) is 5. The van der Waals surface area contributed by atoms with Crippen LogP contribution in [0.1, 0.15) is 28.2 Å². The predicted molar refractivity (Wildman–Crippen MR) is 87.1 cm³/mol. The normalized spacial score (nSPS) is 20.1. The summed E-state index contributed by atoms with van der Waals surface area (Å²) in [5.74, 6) is -0.000746. The molecule has 124 valence electrons. The van der Waals surface area contributed by atoms with Gasteiger partial charge in [-0.15, -0.1) is 0 Å². The Hall–Kier alpha value is -1.96. The van der Waals surface area contributed by atoms with Crippen molar-refractivity contribution in [3.63, 3.8) is 0 Å². The minimum Gasteiger partial charge on any atom is -0.338 e. The molecule has 0 aromatic carbocycles. The van der Waals surface area contributed by atoms with E-state index in [0.29, 0.717) is 17.6 Å². The second kappa shape index (κ2) is 5.30. The number of carbonyl (C=O) groups is 1. The average molecular weight is 336 g/mol. The number of carbonyl (C=O) groups excluding carboxylic acids is 1. The van der Waals surface area contributed by atoms with E-state index in [4.69, 9.17) is 0 Å². The molecule has 1 atom stereocenters. The van der Waals surface area contributed by atoms with Crippen LogP contribution in [0.3, 0.4) is 0 Å². The fourth-order valence-corrected chi connectivity index (χ4v) is 4.95. The average Bonchev–Trinajstić information content (AvgIpc) is 2.97. The van der Waals surface area contributed by atoms with E-state index in [1.165, 1.54) is 0 Å². The minimum absolute atomic E-state index is 0.0362. The van der Waals surface area contributed by atoms with Crippen LogP contribution in [0.5, 0.6) is 0 Å². The molecule has 0 spiro atoms. The quantitative estimate of drug-likeness (QED) is 0.811. The van der Waals surface area contributed by atoms with Crippen LogP contribution >= 0.6 is 0 Å². The number of fused-ring (bicyclic) bond motifs is 1. The van der Waals surface area contributed by atoms with Gasteiger partial charge in [-0.25, -0.2) is 13.4 Å². The van der Waals surface area contributed by atoms with Gasteiger partial charge in [0.1, 0.15) is 0 Å². The van der Waals surface area contributed by atoms with E-state index in [0.717, 1.165) is 16.8 Å². The van der Waals surface area contributed by atoms with E-state index in [2.05, 4.69) is 10.1 Å². The number of aryl methyl sites for hydroxylation is 3. The first-order valence-corrected chi connectivity index (χ1v) is 9.30. The molecule has 0 bridgehead atoms. The molecule has 0 saturated carbocycles. The molecular weight excluding hydrogens is 316 g/mol. The van der Waals surface area contributed by atoms with Crippen molar-refractivity contribution in [2.45, 2.75) is 26.3 Å². The maximum Gasteiger partial charge on any atom is 0.254 e. The highest BCUT2D eigenvalue weighted by atomic mass is 32.2. The van der Waals surface area contributed by atoms with E-state index in [1.54, 1.807) is 29.7 Å². The van der Waals surface area contributed by atoms with Crippen molar-refractivity contribution in [1.29, 1.82) is 0 Å². The molecule has 1 aliphatic rings. The maximum atomic E-state index is 12.9. The number of aromatic nitrogens is 3. The van der Waals surface area contributed by atoms with E-state index in [-0.39, 0.29) is 23.5 Å². The summed E-state index contributed by atoms with van der Waals surface area (Å²) in [5, 5.41) is 5.07. The summed E-state index contributed by atoms with van der Waals surface area (Å²) < 4.78 is 25.0. The zero-order valence-corrected chi connectivity index (χ0v) is 14.5. The molecule has 3 heterocycles. The standard InChI is InChI=1S/C15H20N4O3S/c1-9-7-12(13-10(2)17-19(4)14(13)16-9)15(20)18(3)11-5-6-23(21,22)8-11/h7,11H,5-6,8H2,1-4H3. The molecule has 2 aromatic heterocycles. The summed E-state index contributed by atoms with van der Waals surface area (Å²) in [6.07, 6.45) is 0.490. The Morgan fingerprint density at radius 2 is 2.09 bits per heavy atom. The molecule has 1 aliphatic heterocycles. The van der Waals surface area contributed by atoms with Crippen molar-refractivity contribution < 1.29 is 13.2 Å². The van der Waals surface area contributed by atoms with Crippen LogP contribution in [-0.4, -0.2) is 58.6 Å². The fraction of sp³-hybridized carbons (Fsp3) is 0.533. The molecule has 1 fully saturated rings. The van der Waals surface area contributed by atoms with E-state index in [1.807, 2.05) is 13.8 Å². The highest BCUT2D eigenvalue weighted by Crippen LogP contribution is 2.25. The van der Waals surface area contributed by atoms with Gasteiger partial charge in [-0.3, -0.25) is 9.48 Å². The van der Waals surface area contributed by atoms with Gasteiger partial charge in [-0.05, 0) is 26.3 Å². The van der Waals surface area contributed by atoms with Crippen LogP contribution in [0.4, 0.5) is 0 Å². The second-order valence-corrected chi connectivity index (χ2v) is 8.42. The summed E-state index contributed by atoms with van der Waals surface area (Å²) in [7, 11) is 0.429. The summed E-state index contributed by atoms with van der Waals surface area (Å²) in [6.45, 7) is 3.68. The fourth-order valence-electron chi connectivity index (χ4n) is 3.18. The van der Waals surface area contributed by atoms with Gasteiger partial charge < -0.3 is 4.90 Å². The Bertz CT molecular complexity index is 901. The lowest BCUT2D eigenvalue weighted by Crippen LogP contribution is -2.38. The summed E-state index contributed by atoms with van der Waals surface area (Å²) in [4.78, 5) is 18.9. The Kier molecular flexibility index (Phi) is 3.66. The molecular formula is C15H20N4O3S. The molecule has 2 aromatic rings. The minimum atomic E-state index is -3.03. The zero-order chi connectivity index (χ0) is 16.9. The zero-order valence-electron chi connectivity index (χ0n) is 13.7. The number of pyridine rings is 1. The lowest BCUT2D eigenvalue weighted by atomic mass is 10.1. The lowest BCUT2D eigenvalue weighted by molar-refractivity contribution is 0.0749. The molecule has 1 unspecified atom stereocenters. The van der Waals surface area contributed by atoms with Gasteiger partial charge in [0, 0.05) is 25.8 Å². The molecule has 7 nitrogen and oxygen atoms in total. The smallest absolute Gasteiger partial charge is 0.254 e. The van der Waals surface area contributed by atoms with Crippen molar-refractivity contribution in [1.82, 2.24) is 19.7 Å². The van der Waals surface area contributed by atoms with E-state index in [9.17, 15) is 13.2 Å². The van der Waals surface area contributed by atoms with Crippen molar-refractivity contribution in [2.24, 2.45) is 7.05 Å². The third-order valence-corrected chi connectivity index (χ3v) is 6.15. The van der Waals surface area contributed by atoms with Gasteiger partial charge in [0.05, 0.1) is 28.1 Å². The van der Waals surface area contributed by atoms with Crippen molar-refractivity contribution in [2.75, 3.05) is 18.6 Å². The van der Waals surface area contributed by atoms with Crippen LogP contribution in [0, 0.1) is 13.8 Å². The maximum absolute atomic E-state index is 12.9. The Morgan fingerprint density at radius 3 is 2.70 bits per heavy atom. The first-order valence-electron chi connectivity index (χ1n) is 7.48. The van der Waals surface area contributed by atoms with Crippen molar-refractivity contribution in [3.05, 3.63) is 23.0 Å². The second-order valence-electron chi connectivity index (χ2n) is 6.19. The summed E-state index contributed by atoms with van der Waals surface area (Å²) in [6, 6.07) is 1.48. The Morgan fingerprint density at radius 1 is 1.39 bits per heavy atom. The molecule has 0 N–H and O–H groups in total. The van der Waals surface area contributed by atoms with Crippen LogP contribution in [0.15, 0.2) is 6.07 Å². The molecule has 0 aliphatic carbocycles. The van der Waals surface area contributed by atoms with Gasteiger partial charge in [0.25, 0.3) is 5.91 Å². The monoisotopic (exact) mass is 336 g/mol. The van der Waals surface area contributed by atoms with Crippen molar-refractivity contribution >= 4 is 26.8 Å². The van der Waals surface area contributed by atoms with Gasteiger partial charge in [-0.1, -0.05) is 0 Å². The highest BCUT2D eigenvalue weighted by molar-refractivity contribution is 7.91. The number of rotatable bonds is 2. The van der Waals surface area contributed by atoms with Crippen molar-refractivity contribution in [3.8, 4) is 0 Å². The van der Waals surface area contributed by atoms with Gasteiger partial charge in [0.2, 0.25) is 0 Å². The number of hydrogen-bond donors (Lipinski definition) is 0. The van der Waals surface area contributed by atoms with Crippen LogP contribution in [-0.2, 0) is 16.9 Å². The SMILES string of the molecule is Cc1cc(C(=O)N(C)C2CCS(=O)(=O)C2)c2c(C)nn(C)c2n1. The van der Waals surface area contributed by atoms with Gasteiger partial charge in [0.15, 0.2) is 15.5 Å². The van der Waals surface area contributed by atoms with Crippen LogP contribution in [0.25, 0.3) is 11.0 Å². The lowest BCUT2D eigenvalue weighted by Gasteiger charge is -2.24. The summed E-state index contributed by atoms with van der Waals surface area (Å²) in [5.41, 5.74) is 2.67. The number of sulfone groups is 1. The first kappa shape index (κ1) is 15.9. The molecule has 3 rings (SSSR count). The third kappa shape index (κ3) is 2.71. The third-order valence-electron chi connectivity index (χ3n) is 4.40. The topological polar surface area (TPSA) is 85.2 Å². The molecule has 1 saturated heterocycles. The largest absolute Gasteiger partial charge is 0.338 e. The van der Waals surface area contributed by atoms with Gasteiger partial charge in [-0.2, -0.15) is 5.10 Å². The van der Waals surface area contributed by atoms with Crippen LogP contribution < -0.4 is 0 Å². The van der Waals surface area contributed by atoms with Gasteiger partial charge >= 0.3 is 0 Å². The first-order chi connectivity index (χ1) is 10.7. The van der Waals surface area contributed by atoms with E-state index >= 15 is 0 Å². The number of nitrogens with zero attached hydrogens (tertiary/aromatic N) is 4. The number of amides is 1. The molecule has 8 heteroatoms. The van der Waals surface area contributed by atoms with E-state index < -0.39 is 9.84 Å². The Labute approximate surface area is 135 Å². The highest BCUT2D eigenvalue weighted by Gasteiger charge is 2.34.